The Morgan fingerprint density at radius 2 is 1.33 bits per heavy atom. The molecule has 0 aliphatic rings. The Bertz CT molecular complexity index is 321. The van der Waals surface area contributed by atoms with Gasteiger partial charge in [0.2, 0.25) is 8.32 Å². The van der Waals surface area contributed by atoms with Gasteiger partial charge in [0.15, 0.2) is 7.38 Å². The molecule has 0 aliphatic heterocycles. The topological polar surface area (TPSA) is 18.5 Å². The minimum Gasteiger partial charge on any atom is -0.411 e. The Labute approximate surface area is 144 Å². The Morgan fingerprint density at radius 3 is 1.57 bits per heavy atom. The van der Waals surface area contributed by atoms with E-state index in [2.05, 4.69) is 47.0 Å². The number of rotatable bonds is 9. The third-order valence-corrected chi connectivity index (χ3v) is 12.8. The van der Waals surface area contributed by atoms with Crippen molar-refractivity contribution in [3.8, 4) is 0 Å². The molecule has 0 N–H and O–H groups in total. The highest BCUT2D eigenvalue weighted by Gasteiger charge is 2.50. The maximum absolute atomic E-state index is 6.82. The van der Waals surface area contributed by atoms with E-state index in [4.69, 9.17) is 31.0 Å². The van der Waals surface area contributed by atoms with Crippen molar-refractivity contribution in [1.29, 1.82) is 0 Å². The van der Waals surface area contributed by atoms with Crippen LogP contribution in [-0.4, -0.2) is 34.3 Å². The molecule has 0 saturated carbocycles. The molecule has 1 unspecified atom stereocenters. The summed E-state index contributed by atoms with van der Waals surface area (Å²) in [6.07, 6.45) is 2.86. The Balaban J connectivity index is 5.38. The van der Waals surface area contributed by atoms with E-state index in [-0.39, 0.29) is 11.0 Å². The van der Waals surface area contributed by atoms with Crippen LogP contribution in [-0.2, 0) is 8.85 Å². The molecule has 128 valence electrons. The maximum Gasteiger partial charge on any atom is 0.283 e. The Hall–Kier alpha value is 1.15. The fraction of sp³-hybridized carbons (Fsp3) is 1.00. The van der Waals surface area contributed by atoms with Crippen molar-refractivity contribution in [1.82, 2.24) is 0 Å². The van der Waals surface area contributed by atoms with Crippen molar-refractivity contribution < 1.29 is 8.85 Å². The minimum absolute atomic E-state index is 0.127. The Morgan fingerprint density at radius 1 is 0.905 bits per heavy atom. The Kier molecular flexibility index (Phi) is 8.24. The van der Waals surface area contributed by atoms with Crippen LogP contribution in [0, 0.1) is 0 Å². The number of hydrogen-bond donors (Lipinski definition) is 0. The first-order valence-corrected chi connectivity index (χ1v) is 18.9. The molecular weight excluding hydrogens is 355 g/mol. The standard InChI is InChI=1S/C14H34Cl2O2Si3/c1-10-13(17-21(8,9)16)19(4,5)18-14(11-2,12-3)20(6,7)15/h13H,10-12H2,1-9H3. The fourth-order valence-corrected chi connectivity index (χ4v) is 13.4. The largest absolute Gasteiger partial charge is 0.411 e. The van der Waals surface area contributed by atoms with E-state index in [0.29, 0.717) is 0 Å². The molecule has 0 aromatic carbocycles. The van der Waals surface area contributed by atoms with Gasteiger partial charge in [-0.25, -0.2) is 0 Å². The second-order valence-electron chi connectivity index (χ2n) is 7.26. The lowest BCUT2D eigenvalue weighted by atomic mass is 10.2. The molecule has 0 radical (unpaired) electrons. The third kappa shape index (κ3) is 6.28. The monoisotopic (exact) mass is 388 g/mol. The van der Waals surface area contributed by atoms with Crippen molar-refractivity contribution in [2.75, 3.05) is 0 Å². The van der Waals surface area contributed by atoms with Crippen molar-refractivity contribution in [2.45, 2.75) is 90.3 Å². The molecule has 0 aliphatic carbocycles. The molecule has 0 spiro atoms. The van der Waals surface area contributed by atoms with Crippen LogP contribution in [0.15, 0.2) is 0 Å². The van der Waals surface area contributed by atoms with E-state index < -0.39 is 23.3 Å². The molecule has 7 heteroatoms. The van der Waals surface area contributed by atoms with Gasteiger partial charge >= 0.3 is 0 Å². The maximum atomic E-state index is 6.82. The first kappa shape index (κ1) is 22.2. The fourth-order valence-electron chi connectivity index (χ4n) is 2.98. The predicted octanol–water partition coefficient (Wildman–Crippen LogP) is 6.03. The lowest BCUT2D eigenvalue weighted by Crippen LogP contribution is -2.61. The van der Waals surface area contributed by atoms with Gasteiger partial charge in [0, 0.05) is 0 Å². The van der Waals surface area contributed by atoms with Crippen molar-refractivity contribution in [3.05, 3.63) is 0 Å². The molecule has 0 bridgehead atoms. The van der Waals surface area contributed by atoms with Gasteiger partial charge in [0.1, 0.15) is 0 Å². The van der Waals surface area contributed by atoms with Gasteiger partial charge < -0.3 is 8.85 Å². The summed E-state index contributed by atoms with van der Waals surface area (Å²) in [5.74, 6) is 0. The molecule has 0 rings (SSSR count). The van der Waals surface area contributed by atoms with E-state index in [1.54, 1.807) is 0 Å². The normalized spacial score (nSPS) is 16.1. The molecule has 0 amide bonds. The van der Waals surface area contributed by atoms with Gasteiger partial charge in [-0.2, -0.15) is 11.1 Å². The van der Waals surface area contributed by atoms with Gasteiger partial charge in [0.05, 0.1) is 11.0 Å². The van der Waals surface area contributed by atoms with Crippen LogP contribution in [0.3, 0.4) is 0 Å². The summed E-state index contributed by atoms with van der Waals surface area (Å²) in [6, 6.07) is 0. The third-order valence-electron chi connectivity index (χ3n) is 4.25. The van der Waals surface area contributed by atoms with Crippen molar-refractivity contribution >= 4 is 45.5 Å². The minimum atomic E-state index is -2.09. The van der Waals surface area contributed by atoms with Crippen LogP contribution in [0.4, 0.5) is 0 Å². The number of hydrogen-bond acceptors (Lipinski definition) is 2. The first-order chi connectivity index (χ1) is 9.24. The summed E-state index contributed by atoms with van der Waals surface area (Å²) in [6.45, 7) is 19.4. The number of halogens is 2. The zero-order valence-electron chi connectivity index (χ0n) is 15.3. The van der Waals surface area contributed by atoms with E-state index in [9.17, 15) is 0 Å². The van der Waals surface area contributed by atoms with Crippen molar-refractivity contribution in [2.24, 2.45) is 0 Å². The smallest absolute Gasteiger partial charge is 0.283 e. The van der Waals surface area contributed by atoms with E-state index in [1.807, 2.05) is 13.1 Å². The quantitative estimate of drug-likeness (QED) is 0.354. The van der Waals surface area contributed by atoms with Gasteiger partial charge in [0.25, 0.3) is 7.63 Å². The molecule has 0 saturated heterocycles. The summed E-state index contributed by atoms with van der Waals surface area (Å²) in [7, 11) is -6.10. The molecule has 21 heavy (non-hydrogen) atoms. The predicted molar refractivity (Wildman–Crippen MR) is 104 cm³/mol. The van der Waals surface area contributed by atoms with Gasteiger partial charge in [-0.15, -0.1) is 11.1 Å². The van der Waals surface area contributed by atoms with Gasteiger partial charge in [-0.1, -0.05) is 33.9 Å². The summed E-state index contributed by atoms with van der Waals surface area (Å²) in [5, 5.41) is -0.181. The molecule has 1 atom stereocenters. The summed E-state index contributed by atoms with van der Waals surface area (Å²) in [4.78, 5) is 0. The summed E-state index contributed by atoms with van der Waals surface area (Å²) in [5.41, 5.74) is 0.127. The van der Waals surface area contributed by atoms with Crippen LogP contribution < -0.4 is 0 Å². The lowest BCUT2D eigenvalue weighted by Gasteiger charge is -2.48. The summed E-state index contributed by atoms with van der Waals surface area (Å²) < 4.78 is 13.0. The average Bonchev–Trinajstić information content (AvgIpc) is 2.30. The zero-order valence-corrected chi connectivity index (χ0v) is 19.8. The van der Waals surface area contributed by atoms with Gasteiger partial charge in [-0.05, 0) is 45.5 Å². The second kappa shape index (κ2) is 7.81. The zero-order chi connectivity index (χ0) is 17.1. The van der Waals surface area contributed by atoms with Crippen molar-refractivity contribution in [3.63, 3.8) is 0 Å². The highest BCUT2D eigenvalue weighted by Crippen LogP contribution is 2.39. The molecule has 0 aromatic heterocycles. The average molecular weight is 390 g/mol. The summed E-state index contributed by atoms with van der Waals surface area (Å²) >= 11 is 13.2. The van der Waals surface area contributed by atoms with Gasteiger partial charge in [-0.3, -0.25) is 0 Å². The highest BCUT2D eigenvalue weighted by molar-refractivity contribution is 7.20. The van der Waals surface area contributed by atoms with E-state index in [0.717, 1.165) is 19.3 Å². The molecule has 0 aromatic rings. The molecule has 0 heterocycles. The second-order valence-corrected chi connectivity index (χ2v) is 23.7. The molecular formula is C14H34Cl2O2Si3. The first-order valence-electron chi connectivity index (χ1n) is 8.00. The van der Waals surface area contributed by atoms with E-state index >= 15 is 0 Å². The van der Waals surface area contributed by atoms with E-state index in [1.165, 1.54) is 0 Å². The molecule has 2 nitrogen and oxygen atoms in total. The molecule has 0 fully saturated rings. The SMILES string of the molecule is CCC(O[Si](C)(C)Cl)[Si](C)(C)OC(CC)(CC)[Si](C)(C)Cl. The van der Waals surface area contributed by atoms with Crippen LogP contribution in [0.5, 0.6) is 0 Å². The van der Waals surface area contributed by atoms with Crippen LogP contribution >= 0.6 is 22.2 Å². The highest BCUT2D eigenvalue weighted by atomic mass is 35.6. The van der Waals surface area contributed by atoms with Crippen LogP contribution in [0.2, 0.25) is 39.3 Å². The van der Waals surface area contributed by atoms with Crippen LogP contribution in [0.25, 0.3) is 0 Å². The lowest BCUT2D eigenvalue weighted by molar-refractivity contribution is 0.103. The van der Waals surface area contributed by atoms with Crippen LogP contribution in [0.1, 0.15) is 40.0 Å².